The van der Waals surface area contributed by atoms with Gasteiger partial charge in [-0.1, -0.05) is 0 Å². The summed E-state index contributed by atoms with van der Waals surface area (Å²) in [6.45, 7) is 3.47. The topological polar surface area (TPSA) is 83.9 Å². The predicted octanol–water partition coefficient (Wildman–Crippen LogP) is 1.17. The van der Waals surface area contributed by atoms with Gasteiger partial charge >= 0.3 is 17.6 Å². The van der Waals surface area contributed by atoms with Gasteiger partial charge in [-0.05, 0) is 13.8 Å². The molecule has 1 N–H and O–H groups in total. The number of hydrogen-bond acceptors (Lipinski definition) is 5. The Morgan fingerprint density at radius 3 is 2.31 bits per heavy atom. The van der Waals surface area contributed by atoms with E-state index in [0.29, 0.717) is 0 Å². The number of aliphatic hydroxyl groups excluding tert-OH is 1. The van der Waals surface area contributed by atoms with Gasteiger partial charge < -0.3 is 14.6 Å². The van der Waals surface area contributed by atoms with Gasteiger partial charge in [-0.2, -0.15) is 0 Å². The number of carbonyl (C=O) groups excluding carboxylic acids is 1. The first-order chi connectivity index (χ1) is 6.17. The van der Waals surface area contributed by atoms with Crippen molar-refractivity contribution in [2.45, 2.75) is 13.8 Å². The fraction of sp³-hybridized carbons (Fsp3) is 0.571. The van der Waals surface area contributed by atoms with Crippen molar-refractivity contribution < 1.29 is 19.4 Å². The standard InChI is InChI=1S/C7H10N2O4/c1-3-12-6(10)5(9-8)7(11)13-4-2/h3-4H2,1-2H3/p+1. The zero-order valence-electron chi connectivity index (χ0n) is 7.48. The lowest BCUT2D eigenvalue weighted by Gasteiger charge is -1.97. The lowest BCUT2D eigenvalue weighted by molar-refractivity contribution is -0.138. The molecule has 0 aliphatic carbocycles. The van der Waals surface area contributed by atoms with E-state index in [1.165, 1.54) is 0 Å². The Kier molecular flexibility index (Phi) is 5.03. The highest BCUT2D eigenvalue weighted by Gasteiger charge is 2.32. The molecule has 0 radical (unpaired) electrons. The van der Waals surface area contributed by atoms with E-state index in [9.17, 15) is 4.79 Å². The van der Waals surface area contributed by atoms with Crippen molar-refractivity contribution in [3.05, 3.63) is 16.6 Å². The van der Waals surface area contributed by atoms with Crippen molar-refractivity contribution in [2.75, 3.05) is 13.2 Å². The highest BCUT2D eigenvalue weighted by molar-refractivity contribution is 5.90. The molecule has 0 rings (SSSR count). The number of hydrogen-bond donors (Lipinski definition) is 1. The Balaban J connectivity index is 4.59. The summed E-state index contributed by atoms with van der Waals surface area (Å²) in [4.78, 5) is 13.5. The lowest BCUT2D eigenvalue weighted by Crippen LogP contribution is -2.09. The van der Waals surface area contributed by atoms with Crippen LogP contribution in [0.2, 0.25) is 0 Å². The molecule has 0 aromatic heterocycles. The van der Waals surface area contributed by atoms with Crippen molar-refractivity contribution in [3.8, 4) is 0 Å². The van der Waals surface area contributed by atoms with Crippen molar-refractivity contribution >= 4 is 5.97 Å². The molecule has 13 heavy (non-hydrogen) atoms. The van der Waals surface area contributed by atoms with Crippen LogP contribution >= 0.6 is 0 Å². The van der Waals surface area contributed by atoms with E-state index < -0.39 is 17.6 Å². The molecule has 0 atom stereocenters. The van der Waals surface area contributed by atoms with Crippen LogP contribution in [0.15, 0.2) is 11.6 Å². The minimum atomic E-state index is -0.934. The van der Waals surface area contributed by atoms with Crippen molar-refractivity contribution in [3.63, 3.8) is 0 Å². The number of esters is 1. The second kappa shape index (κ2) is 5.83. The Bertz CT molecular complexity index is 254. The van der Waals surface area contributed by atoms with E-state index in [1.807, 2.05) is 0 Å². The van der Waals surface area contributed by atoms with Crippen molar-refractivity contribution in [1.29, 1.82) is 5.39 Å². The molecule has 0 amide bonds. The van der Waals surface area contributed by atoms with Crippen molar-refractivity contribution in [1.82, 2.24) is 0 Å². The molecule has 0 heterocycles. The Labute approximate surface area is 75.4 Å². The Hall–Kier alpha value is -1.77. The first kappa shape index (κ1) is 11.2. The SMILES string of the molecule is CCOC(=O)/C([N+]#N)=C(\O)OCC. The maximum Gasteiger partial charge on any atom is 0.547 e. The third-order valence-electron chi connectivity index (χ3n) is 1.05. The molecule has 0 aromatic carbocycles. The van der Waals surface area contributed by atoms with Gasteiger partial charge in [0, 0.05) is 0 Å². The maximum atomic E-state index is 10.9. The van der Waals surface area contributed by atoms with Crippen LogP contribution in [-0.4, -0.2) is 24.3 Å². The normalized spacial score (nSPS) is 11.2. The van der Waals surface area contributed by atoms with Crippen LogP contribution in [0.4, 0.5) is 0 Å². The Morgan fingerprint density at radius 1 is 1.38 bits per heavy atom. The number of aliphatic hydroxyl groups is 1. The molecule has 0 saturated carbocycles. The maximum absolute atomic E-state index is 10.9. The summed E-state index contributed by atoms with van der Waals surface area (Å²) in [5.41, 5.74) is -0.635. The molecule has 0 bridgehead atoms. The van der Waals surface area contributed by atoms with Crippen LogP contribution in [0.5, 0.6) is 0 Å². The molecule has 6 heteroatoms. The van der Waals surface area contributed by atoms with Gasteiger partial charge in [0.05, 0.1) is 13.2 Å². The molecular weight excluding hydrogens is 176 g/mol. The third kappa shape index (κ3) is 3.42. The largest absolute Gasteiger partial charge is 0.547 e. The summed E-state index contributed by atoms with van der Waals surface area (Å²) in [6.07, 6.45) is 0. The van der Waals surface area contributed by atoms with Crippen LogP contribution in [0.25, 0.3) is 4.98 Å². The summed E-state index contributed by atoms with van der Waals surface area (Å²) >= 11 is 0. The summed E-state index contributed by atoms with van der Waals surface area (Å²) in [7, 11) is 0. The second-order valence-corrected chi connectivity index (χ2v) is 1.91. The summed E-state index contributed by atoms with van der Waals surface area (Å²) in [6, 6.07) is 0. The first-order valence-electron chi connectivity index (χ1n) is 3.75. The van der Waals surface area contributed by atoms with Gasteiger partial charge in [-0.15, -0.1) is 0 Å². The Morgan fingerprint density at radius 2 is 1.92 bits per heavy atom. The second-order valence-electron chi connectivity index (χ2n) is 1.91. The molecule has 0 fully saturated rings. The molecule has 72 valence electrons. The fourth-order valence-electron chi connectivity index (χ4n) is 0.575. The van der Waals surface area contributed by atoms with Crippen LogP contribution in [0.3, 0.4) is 0 Å². The number of nitrogens with zero attached hydrogens (tertiary/aromatic N) is 2. The van der Waals surface area contributed by atoms with Gasteiger partial charge in [0.2, 0.25) is 5.39 Å². The number of ether oxygens (including phenoxy) is 2. The van der Waals surface area contributed by atoms with E-state index in [1.54, 1.807) is 13.8 Å². The van der Waals surface area contributed by atoms with E-state index in [4.69, 9.17) is 10.5 Å². The van der Waals surface area contributed by atoms with Crippen LogP contribution < -0.4 is 0 Å². The molecule has 0 saturated heterocycles. The van der Waals surface area contributed by atoms with Gasteiger partial charge in [0.1, 0.15) is 0 Å². The van der Waals surface area contributed by atoms with E-state index >= 15 is 0 Å². The first-order valence-corrected chi connectivity index (χ1v) is 3.75. The fourth-order valence-corrected chi connectivity index (χ4v) is 0.575. The average molecular weight is 187 g/mol. The quantitative estimate of drug-likeness (QED) is 0.309. The number of diazo groups is 1. The number of rotatable bonds is 4. The molecule has 0 unspecified atom stereocenters. The monoisotopic (exact) mass is 187 g/mol. The molecule has 0 aliphatic rings. The van der Waals surface area contributed by atoms with Crippen molar-refractivity contribution in [2.24, 2.45) is 0 Å². The average Bonchev–Trinajstić information content (AvgIpc) is 2.06. The predicted molar refractivity (Wildman–Crippen MR) is 43.0 cm³/mol. The summed E-state index contributed by atoms with van der Waals surface area (Å²) in [5, 5.41) is 17.4. The van der Waals surface area contributed by atoms with Crippen LogP contribution in [-0.2, 0) is 14.3 Å². The van der Waals surface area contributed by atoms with Crippen LogP contribution in [0.1, 0.15) is 13.8 Å². The van der Waals surface area contributed by atoms with Gasteiger partial charge in [-0.3, -0.25) is 0 Å². The zero-order valence-corrected chi connectivity index (χ0v) is 7.48. The smallest absolute Gasteiger partial charge is 0.475 e. The molecule has 0 aromatic rings. The van der Waals surface area contributed by atoms with Gasteiger partial charge in [0.15, 0.2) is 4.98 Å². The highest BCUT2D eigenvalue weighted by Crippen LogP contribution is 2.07. The van der Waals surface area contributed by atoms with Gasteiger partial charge in [0.25, 0.3) is 0 Å². The minimum Gasteiger partial charge on any atom is -0.475 e. The zero-order chi connectivity index (χ0) is 10.3. The lowest BCUT2D eigenvalue weighted by atomic mass is 10.5. The van der Waals surface area contributed by atoms with Crippen LogP contribution in [0, 0.1) is 5.39 Å². The number of carbonyl (C=O) groups is 1. The molecule has 0 aliphatic heterocycles. The minimum absolute atomic E-state index is 0.122. The molecular formula is C7H11N2O4+. The highest BCUT2D eigenvalue weighted by atomic mass is 16.6. The van der Waals surface area contributed by atoms with E-state index in [-0.39, 0.29) is 13.2 Å². The van der Waals surface area contributed by atoms with E-state index in [2.05, 4.69) is 14.4 Å². The van der Waals surface area contributed by atoms with Gasteiger partial charge in [-0.25, -0.2) is 4.79 Å². The molecule has 0 spiro atoms. The third-order valence-corrected chi connectivity index (χ3v) is 1.05. The summed E-state index contributed by atoms with van der Waals surface area (Å²) < 4.78 is 9.01. The molecule has 6 nitrogen and oxygen atoms in total. The van der Waals surface area contributed by atoms with E-state index in [0.717, 1.165) is 0 Å². The summed E-state index contributed by atoms with van der Waals surface area (Å²) in [5.74, 6) is -1.68.